The average molecular weight is 336 g/mol. The van der Waals surface area contributed by atoms with E-state index in [0.29, 0.717) is 11.1 Å². The lowest BCUT2D eigenvalue weighted by molar-refractivity contribution is 0.0821. The predicted octanol–water partition coefficient (Wildman–Crippen LogP) is 3.08. The summed E-state index contributed by atoms with van der Waals surface area (Å²) < 4.78 is 5.46. The molecule has 0 fully saturated rings. The van der Waals surface area contributed by atoms with Crippen molar-refractivity contribution >= 4 is 22.3 Å². The van der Waals surface area contributed by atoms with Gasteiger partial charge in [-0.1, -0.05) is 42.5 Å². The number of aromatic nitrogens is 1. The van der Waals surface area contributed by atoms with Crippen molar-refractivity contribution in [1.29, 1.82) is 0 Å². The van der Waals surface area contributed by atoms with E-state index in [4.69, 9.17) is 10.5 Å². The van der Waals surface area contributed by atoms with E-state index in [1.807, 2.05) is 36.5 Å². The molecule has 0 saturated heterocycles. The number of nitrogens with one attached hydrogen (secondary N) is 1. The summed E-state index contributed by atoms with van der Waals surface area (Å²) in [4.78, 5) is 16.2. The van der Waals surface area contributed by atoms with Crippen molar-refractivity contribution in [2.24, 2.45) is 5.73 Å². The van der Waals surface area contributed by atoms with Crippen LogP contribution in [0.2, 0.25) is 0 Å². The van der Waals surface area contributed by atoms with E-state index in [1.165, 1.54) is 0 Å². The number of carbonyl (C=O) groups is 1. The van der Waals surface area contributed by atoms with Gasteiger partial charge in [-0.05, 0) is 19.1 Å². The minimum atomic E-state index is -0.685. The first-order valence-corrected chi connectivity index (χ1v) is 8.04. The summed E-state index contributed by atoms with van der Waals surface area (Å²) in [6, 6.07) is 16.4. The number of allylic oxidation sites excluding steroid dienone is 1. The lowest BCUT2D eigenvalue weighted by Crippen LogP contribution is -2.18. The van der Waals surface area contributed by atoms with Crippen LogP contribution in [0, 0.1) is 0 Å². The Labute approximate surface area is 145 Å². The minimum absolute atomic E-state index is 0.00320. The molecule has 0 spiro atoms. The molecule has 25 heavy (non-hydrogen) atoms. The van der Waals surface area contributed by atoms with E-state index in [2.05, 4.69) is 4.98 Å². The van der Waals surface area contributed by atoms with Gasteiger partial charge < -0.3 is 20.6 Å². The minimum Gasteiger partial charge on any atom is -0.476 e. The van der Waals surface area contributed by atoms with Crippen LogP contribution in [-0.2, 0) is 4.74 Å². The smallest absolute Gasteiger partial charge is 0.198 e. The Morgan fingerprint density at radius 2 is 1.92 bits per heavy atom. The Morgan fingerprint density at radius 3 is 2.64 bits per heavy atom. The van der Waals surface area contributed by atoms with Crippen molar-refractivity contribution in [2.45, 2.75) is 13.0 Å². The van der Waals surface area contributed by atoms with Crippen molar-refractivity contribution in [2.75, 3.05) is 6.61 Å². The molecule has 0 aliphatic heterocycles. The number of aliphatic hydroxyl groups is 1. The fraction of sp³-hybridized carbons (Fsp3) is 0.150. The first-order valence-electron chi connectivity index (χ1n) is 8.04. The van der Waals surface area contributed by atoms with Crippen LogP contribution in [0.5, 0.6) is 0 Å². The lowest BCUT2D eigenvalue weighted by atomic mass is 9.94. The highest BCUT2D eigenvalue weighted by Gasteiger charge is 2.21. The van der Waals surface area contributed by atoms with Crippen LogP contribution in [-0.4, -0.2) is 28.6 Å². The Morgan fingerprint density at radius 1 is 1.16 bits per heavy atom. The molecule has 0 bridgehead atoms. The molecule has 0 saturated carbocycles. The number of hydrogen-bond acceptors (Lipinski definition) is 4. The second kappa shape index (κ2) is 7.23. The number of rotatable bonds is 6. The second-order valence-corrected chi connectivity index (χ2v) is 5.84. The number of aromatic amines is 1. The first kappa shape index (κ1) is 16.8. The Hall–Kier alpha value is -3.05. The van der Waals surface area contributed by atoms with Gasteiger partial charge in [0, 0.05) is 28.2 Å². The third kappa shape index (κ3) is 3.56. The zero-order valence-electron chi connectivity index (χ0n) is 13.9. The van der Waals surface area contributed by atoms with E-state index in [1.54, 1.807) is 31.2 Å². The molecule has 1 unspecified atom stereocenters. The first-order chi connectivity index (χ1) is 12.1. The van der Waals surface area contributed by atoms with Crippen LogP contribution in [0.4, 0.5) is 0 Å². The Balaban J connectivity index is 2.14. The number of H-pyrrole nitrogens is 1. The monoisotopic (exact) mass is 336 g/mol. The largest absolute Gasteiger partial charge is 0.476 e. The van der Waals surface area contributed by atoms with Gasteiger partial charge in [0.1, 0.15) is 6.61 Å². The maximum Gasteiger partial charge on any atom is 0.198 e. The van der Waals surface area contributed by atoms with Gasteiger partial charge in [0.25, 0.3) is 0 Å². The van der Waals surface area contributed by atoms with Gasteiger partial charge in [0.05, 0.1) is 11.7 Å². The number of nitrogens with two attached hydrogens (primary N) is 1. The van der Waals surface area contributed by atoms with E-state index in [0.717, 1.165) is 10.9 Å². The van der Waals surface area contributed by atoms with Crippen LogP contribution in [0.3, 0.4) is 0 Å². The number of ether oxygens (including phenoxy) is 1. The van der Waals surface area contributed by atoms with E-state index >= 15 is 0 Å². The summed E-state index contributed by atoms with van der Waals surface area (Å²) in [5, 5.41) is 10.3. The van der Waals surface area contributed by atoms with E-state index in [-0.39, 0.29) is 23.8 Å². The molecule has 0 aliphatic carbocycles. The van der Waals surface area contributed by atoms with Crippen LogP contribution < -0.4 is 5.73 Å². The molecule has 1 aromatic heterocycles. The van der Waals surface area contributed by atoms with Crippen molar-refractivity contribution in [1.82, 2.24) is 4.98 Å². The van der Waals surface area contributed by atoms with Gasteiger partial charge in [0.15, 0.2) is 11.7 Å². The highest BCUT2D eigenvalue weighted by molar-refractivity contribution is 6.31. The quantitative estimate of drug-likeness (QED) is 0.367. The summed E-state index contributed by atoms with van der Waals surface area (Å²) in [5.74, 6) is -0.221. The van der Waals surface area contributed by atoms with Crippen LogP contribution >= 0.6 is 0 Å². The molecule has 5 heteroatoms. The maximum atomic E-state index is 13.1. The number of Topliss-reactive ketones (excluding diaryl/α,β-unsaturated/α-hetero) is 1. The van der Waals surface area contributed by atoms with Crippen molar-refractivity contribution in [3.05, 3.63) is 77.8 Å². The van der Waals surface area contributed by atoms with Gasteiger partial charge in [-0.3, -0.25) is 4.79 Å². The average Bonchev–Trinajstić information content (AvgIpc) is 3.10. The molecule has 5 nitrogen and oxygen atoms in total. The number of fused-ring (bicyclic) bond motifs is 1. The molecule has 0 amide bonds. The standard InChI is InChI=1S/C20H20N2O3/c1-13(23)12-25-20(21)18(19(24)14-6-3-2-4-7-14)16-8-5-9-17-15(16)10-11-22-17/h2-11,13,22-23H,12,21H2,1H3. The van der Waals surface area contributed by atoms with Gasteiger partial charge in [-0.2, -0.15) is 0 Å². The Bertz CT molecular complexity index is 911. The van der Waals surface area contributed by atoms with Crippen LogP contribution in [0.1, 0.15) is 22.8 Å². The highest BCUT2D eigenvalue weighted by atomic mass is 16.5. The SMILES string of the molecule is CC(O)COC(N)=C(C(=O)c1ccccc1)c1cccc2[nH]ccc12. The van der Waals surface area contributed by atoms with Gasteiger partial charge in [-0.15, -0.1) is 0 Å². The maximum absolute atomic E-state index is 13.1. The number of hydrogen-bond donors (Lipinski definition) is 3. The number of benzene rings is 2. The fourth-order valence-corrected chi connectivity index (χ4v) is 2.69. The zero-order valence-corrected chi connectivity index (χ0v) is 13.9. The summed E-state index contributed by atoms with van der Waals surface area (Å²) in [7, 11) is 0. The molecule has 2 aromatic carbocycles. The molecule has 0 aliphatic rings. The predicted molar refractivity (Wildman–Crippen MR) is 97.8 cm³/mol. The molecular weight excluding hydrogens is 316 g/mol. The van der Waals surface area contributed by atoms with Gasteiger partial charge >= 0.3 is 0 Å². The summed E-state index contributed by atoms with van der Waals surface area (Å²) in [6.45, 7) is 1.61. The lowest BCUT2D eigenvalue weighted by Gasteiger charge is -2.15. The second-order valence-electron chi connectivity index (χ2n) is 5.84. The van der Waals surface area contributed by atoms with E-state index in [9.17, 15) is 9.90 Å². The third-order valence-electron chi connectivity index (χ3n) is 3.85. The normalized spacial score (nSPS) is 13.4. The molecule has 4 N–H and O–H groups in total. The molecule has 1 atom stereocenters. The molecule has 0 radical (unpaired) electrons. The highest BCUT2D eigenvalue weighted by Crippen LogP contribution is 2.29. The zero-order chi connectivity index (χ0) is 17.8. The van der Waals surface area contributed by atoms with Gasteiger partial charge in [-0.25, -0.2) is 0 Å². The number of ketones is 1. The molecule has 128 valence electrons. The topological polar surface area (TPSA) is 88.3 Å². The number of carbonyl (C=O) groups excluding carboxylic acids is 1. The van der Waals surface area contributed by atoms with Crippen LogP contribution in [0.15, 0.2) is 66.7 Å². The Kier molecular flexibility index (Phi) is 4.86. The van der Waals surface area contributed by atoms with Crippen molar-refractivity contribution in [3.8, 4) is 0 Å². The molecule has 1 heterocycles. The van der Waals surface area contributed by atoms with Crippen molar-refractivity contribution in [3.63, 3.8) is 0 Å². The van der Waals surface area contributed by atoms with Crippen LogP contribution in [0.25, 0.3) is 16.5 Å². The van der Waals surface area contributed by atoms with Gasteiger partial charge in [0.2, 0.25) is 0 Å². The number of aliphatic hydroxyl groups excluding tert-OH is 1. The summed E-state index contributed by atoms with van der Waals surface area (Å²) in [5.41, 5.74) is 8.51. The summed E-state index contributed by atoms with van der Waals surface area (Å²) in [6.07, 6.45) is 1.13. The fourth-order valence-electron chi connectivity index (χ4n) is 2.69. The molecule has 3 aromatic rings. The third-order valence-corrected chi connectivity index (χ3v) is 3.85. The van der Waals surface area contributed by atoms with Crippen molar-refractivity contribution < 1.29 is 14.6 Å². The van der Waals surface area contributed by atoms with E-state index < -0.39 is 6.10 Å². The molecule has 3 rings (SSSR count). The molecular formula is C20H20N2O3. The summed E-state index contributed by atoms with van der Waals surface area (Å²) >= 11 is 0.